The number of esters is 2. The standard InChI is InChI=1S/C16H14F12O4/c1-3-9(29)31-7-5-11(17,18)13(21,22)15(25,26)16(27,28)14(23,24)12(19,20)6-8-32-10(30)4-2/h3-4H,1-2,5-8H2. The number of carbonyl (C=O) groups is 2. The predicted octanol–water partition coefficient (Wildman–Crippen LogP) is 5.04. The Morgan fingerprint density at radius 3 is 1.03 bits per heavy atom. The van der Waals surface area contributed by atoms with Crippen molar-refractivity contribution in [2.24, 2.45) is 0 Å². The lowest BCUT2D eigenvalue weighted by Gasteiger charge is -2.41. The Morgan fingerprint density at radius 2 is 0.812 bits per heavy atom. The van der Waals surface area contributed by atoms with Crippen LogP contribution in [0.2, 0.25) is 0 Å². The van der Waals surface area contributed by atoms with Crippen molar-refractivity contribution in [1.29, 1.82) is 0 Å². The number of rotatable bonds is 13. The third-order valence-electron chi connectivity index (χ3n) is 3.76. The van der Waals surface area contributed by atoms with Gasteiger partial charge in [0.1, 0.15) is 0 Å². The lowest BCUT2D eigenvalue weighted by Crippen LogP contribution is -2.70. The van der Waals surface area contributed by atoms with Crippen LogP contribution >= 0.6 is 0 Å². The molecule has 0 aliphatic rings. The zero-order valence-electron chi connectivity index (χ0n) is 15.6. The zero-order valence-corrected chi connectivity index (χ0v) is 15.6. The highest BCUT2D eigenvalue weighted by Crippen LogP contribution is 2.60. The number of hydrogen-bond acceptors (Lipinski definition) is 4. The Labute approximate surface area is 171 Å². The van der Waals surface area contributed by atoms with Crippen molar-refractivity contribution >= 4 is 11.9 Å². The van der Waals surface area contributed by atoms with Crippen molar-refractivity contribution in [2.45, 2.75) is 48.4 Å². The summed E-state index contributed by atoms with van der Waals surface area (Å²) in [5, 5.41) is 0. The molecule has 0 spiro atoms. The van der Waals surface area contributed by atoms with Gasteiger partial charge in [-0.25, -0.2) is 9.59 Å². The molecule has 0 N–H and O–H groups in total. The quantitative estimate of drug-likeness (QED) is 0.203. The van der Waals surface area contributed by atoms with Crippen molar-refractivity contribution in [3.8, 4) is 0 Å². The minimum Gasteiger partial charge on any atom is -0.462 e. The number of alkyl halides is 12. The Hall–Kier alpha value is -2.42. The third-order valence-corrected chi connectivity index (χ3v) is 3.76. The van der Waals surface area contributed by atoms with E-state index in [1.165, 1.54) is 0 Å². The molecule has 0 amide bonds. The molecule has 0 aliphatic heterocycles. The van der Waals surface area contributed by atoms with Crippen molar-refractivity contribution in [3.05, 3.63) is 25.3 Å². The Kier molecular flexibility index (Phi) is 8.88. The smallest absolute Gasteiger partial charge is 0.384 e. The maximum atomic E-state index is 13.6. The summed E-state index contributed by atoms with van der Waals surface area (Å²) in [5.41, 5.74) is 0. The summed E-state index contributed by atoms with van der Waals surface area (Å²) in [7, 11) is 0. The van der Waals surface area contributed by atoms with Gasteiger partial charge in [0.15, 0.2) is 0 Å². The molecule has 0 radical (unpaired) electrons. The molecule has 0 aromatic carbocycles. The van der Waals surface area contributed by atoms with E-state index < -0.39 is 73.5 Å². The normalized spacial score (nSPS) is 14.0. The fourth-order valence-corrected chi connectivity index (χ4v) is 1.85. The van der Waals surface area contributed by atoms with Gasteiger partial charge in [-0.15, -0.1) is 0 Å². The van der Waals surface area contributed by atoms with Gasteiger partial charge in [-0.1, -0.05) is 13.2 Å². The van der Waals surface area contributed by atoms with Gasteiger partial charge >= 0.3 is 47.5 Å². The van der Waals surface area contributed by atoms with Crippen LogP contribution in [0.25, 0.3) is 0 Å². The molecular weight excluding hydrogens is 484 g/mol. The first-order valence-corrected chi connectivity index (χ1v) is 8.01. The second-order valence-electron chi connectivity index (χ2n) is 5.95. The first-order valence-electron chi connectivity index (χ1n) is 8.01. The van der Waals surface area contributed by atoms with Crippen molar-refractivity contribution < 1.29 is 71.7 Å². The third kappa shape index (κ3) is 5.31. The molecule has 0 aromatic rings. The molecule has 0 fully saturated rings. The number of ether oxygens (including phenoxy) is 2. The van der Waals surface area contributed by atoms with Crippen LogP contribution < -0.4 is 0 Å². The van der Waals surface area contributed by atoms with Crippen LogP contribution in [-0.4, -0.2) is 60.7 Å². The lowest BCUT2D eigenvalue weighted by atomic mass is 9.89. The number of halogens is 12. The summed E-state index contributed by atoms with van der Waals surface area (Å²) in [6, 6.07) is 0. The highest BCUT2D eigenvalue weighted by Gasteiger charge is 2.89. The van der Waals surface area contributed by atoms with Gasteiger partial charge in [0.2, 0.25) is 0 Å². The van der Waals surface area contributed by atoms with Gasteiger partial charge in [-0.2, -0.15) is 52.7 Å². The summed E-state index contributed by atoms with van der Waals surface area (Å²) in [6.07, 6.45) is -4.47. The molecule has 0 saturated heterocycles. The lowest BCUT2D eigenvalue weighted by molar-refractivity contribution is -0.426. The highest BCUT2D eigenvalue weighted by molar-refractivity contribution is 5.81. The average Bonchev–Trinajstić information content (AvgIpc) is 2.66. The predicted molar refractivity (Wildman–Crippen MR) is 81.2 cm³/mol. The minimum atomic E-state index is -7.74. The first kappa shape index (κ1) is 29.6. The fourth-order valence-electron chi connectivity index (χ4n) is 1.85. The van der Waals surface area contributed by atoms with Crippen LogP contribution in [0.5, 0.6) is 0 Å². The van der Waals surface area contributed by atoms with E-state index in [-0.39, 0.29) is 0 Å². The van der Waals surface area contributed by atoms with E-state index in [1.54, 1.807) is 0 Å². The van der Waals surface area contributed by atoms with E-state index in [1.807, 2.05) is 0 Å². The summed E-state index contributed by atoms with van der Waals surface area (Å²) in [4.78, 5) is 21.3. The minimum absolute atomic E-state index is 0.327. The highest BCUT2D eigenvalue weighted by atomic mass is 19.4. The van der Waals surface area contributed by atoms with Crippen LogP contribution in [0.1, 0.15) is 12.8 Å². The SMILES string of the molecule is C=CC(=O)OCCC(F)(F)C(F)(F)C(F)(F)C(F)(F)C(F)(F)C(F)(F)CCOC(=O)C=C. The number of carbonyl (C=O) groups excluding carboxylic acids is 2. The summed E-state index contributed by atoms with van der Waals surface area (Å²) >= 11 is 0. The molecule has 32 heavy (non-hydrogen) atoms. The summed E-state index contributed by atoms with van der Waals surface area (Å²) < 4.78 is 171. The maximum absolute atomic E-state index is 13.6. The van der Waals surface area contributed by atoms with Gasteiger partial charge < -0.3 is 9.47 Å². The summed E-state index contributed by atoms with van der Waals surface area (Å²) in [6.45, 7) is 2.00. The van der Waals surface area contributed by atoms with E-state index >= 15 is 0 Å². The van der Waals surface area contributed by atoms with Gasteiger partial charge in [0.25, 0.3) is 0 Å². The van der Waals surface area contributed by atoms with E-state index in [0.29, 0.717) is 12.2 Å². The fraction of sp³-hybridized carbons (Fsp3) is 0.625. The molecule has 0 aliphatic carbocycles. The van der Waals surface area contributed by atoms with Crippen LogP contribution in [0, 0.1) is 0 Å². The molecule has 4 nitrogen and oxygen atoms in total. The Balaban J connectivity index is 5.90. The second kappa shape index (κ2) is 9.60. The molecule has 16 heteroatoms. The van der Waals surface area contributed by atoms with Crippen LogP contribution in [-0.2, 0) is 19.1 Å². The van der Waals surface area contributed by atoms with Crippen molar-refractivity contribution in [3.63, 3.8) is 0 Å². The molecular formula is C16H14F12O4. The molecule has 0 saturated carbocycles. The molecule has 0 heterocycles. The molecule has 0 aromatic heterocycles. The topological polar surface area (TPSA) is 52.6 Å². The average molecular weight is 498 g/mol. The van der Waals surface area contributed by atoms with Crippen LogP contribution in [0.4, 0.5) is 52.7 Å². The molecule has 0 rings (SSSR count). The monoisotopic (exact) mass is 498 g/mol. The van der Waals surface area contributed by atoms with Gasteiger partial charge in [0.05, 0.1) is 26.1 Å². The van der Waals surface area contributed by atoms with Crippen LogP contribution in [0.15, 0.2) is 25.3 Å². The van der Waals surface area contributed by atoms with Gasteiger partial charge in [-0.05, 0) is 0 Å². The van der Waals surface area contributed by atoms with Crippen LogP contribution in [0.3, 0.4) is 0 Å². The number of hydrogen-bond donors (Lipinski definition) is 0. The maximum Gasteiger partial charge on any atom is 0.384 e. The largest absolute Gasteiger partial charge is 0.462 e. The molecule has 186 valence electrons. The Bertz CT molecular complexity index is 658. The van der Waals surface area contributed by atoms with E-state index in [9.17, 15) is 62.3 Å². The molecule has 0 atom stereocenters. The second-order valence-corrected chi connectivity index (χ2v) is 5.95. The van der Waals surface area contributed by atoms with Gasteiger partial charge in [-0.3, -0.25) is 0 Å². The van der Waals surface area contributed by atoms with Crippen molar-refractivity contribution in [1.82, 2.24) is 0 Å². The van der Waals surface area contributed by atoms with Gasteiger partial charge in [0, 0.05) is 12.2 Å². The van der Waals surface area contributed by atoms with E-state index in [4.69, 9.17) is 0 Å². The molecule has 0 unspecified atom stereocenters. The summed E-state index contributed by atoms with van der Waals surface area (Å²) in [5.74, 6) is -45.6. The van der Waals surface area contributed by atoms with Crippen molar-refractivity contribution in [2.75, 3.05) is 13.2 Å². The van der Waals surface area contributed by atoms with E-state index in [2.05, 4.69) is 22.6 Å². The Morgan fingerprint density at radius 1 is 0.562 bits per heavy atom. The zero-order chi connectivity index (χ0) is 25.8. The molecule has 0 bridgehead atoms. The van der Waals surface area contributed by atoms with E-state index in [0.717, 1.165) is 0 Å². The first-order chi connectivity index (χ1) is 14.2.